The van der Waals surface area contributed by atoms with Gasteiger partial charge < -0.3 is 24.4 Å². The highest BCUT2D eigenvalue weighted by Crippen LogP contribution is 2.40. The molecule has 5 rings (SSSR count). The quantitative estimate of drug-likeness (QED) is 0.536. The maximum absolute atomic E-state index is 12.6. The normalized spacial score (nSPS) is 23.2. The van der Waals surface area contributed by atoms with Crippen LogP contribution in [0.1, 0.15) is 58.1 Å². The fraction of sp³-hybridized carbons (Fsp3) is 0.600. The molecule has 200 valence electrons. The number of fused-ring (bicyclic) bond motifs is 2. The lowest BCUT2D eigenvalue weighted by atomic mass is 10.0. The Morgan fingerprint density at radius 1 is 1.11 bits per heavy atom. The Kier molecular flexibility index (Phi) is 6.86. The zero-order valence-corrected chi connectivity index (χ0v) is 22.3. The van der Waals surface area contributed by atoms with Crippen LogP contribution in [0.15, 0.2) is 23.5 Å². The van der Waals surface area contributed by atoms with E-state index in [9.17, 15) is 13.2 Å². The van der Waals surface area contributed by atoms with Gasteiger partial charge in [-0.05, 0) is 58.6 Å². The maximum atomic E-state index is 12.6. The van der Waals surface area contributed by atoms with Gasteiger partial charge in [-0.15, -0.1) is 0 Å². The van der Waals surface area contributed by atoms with E-state index in [-0.39, 0.29) is 40.7 Å². The number of nitrogens with one attached hydrogen (secondary N) is 1. The van der Waals surface area contributed by atoms with Gasteiger partial charge in [-0.1, -0.05) is 0 Å². The van der Waals surface area contributed by atoms with Gasteiger partial charge in [0.15, 0.2) is 20.7 Å². The molecule has 3 atom stereocenters. The van der Waals surface area contributed by atoms with E-state index < -0.39 is 9.84 Å². The van der Waals surface area contributed by atoms with Crippen LogP contribution in [-0.4, -0.2) is 71.0 Å². The Hall–Kier alpha value is -3.15. The summed E-state index contributed by atoms with van der Waals surface area (Å²) in [5.41, 5.74) is 1.13. The minimum absolute atomic E-state index is 0.0691. The van der Waals surface area contributed by atoms with Crippen molar-refractivity contribution in [3.05, 3.63) is 24.2 Å². The molecule has 0 radical (unpaired) electrons. The van der Waals surface area contributed by atoms with Gasteiger partial charge in [0.25, 0.3) is 5.88 Å². The van der Waals surface area contributed by atoms with Crippen LogP contribution in [0.2, 0.25) is 0 Å². The molecule has 12 heteroatoms. The number of hydrogen-bond acceptors (Lipinski definition) is 10. The van der Waals surface area contributed by atoms with Crippen LogP contribution in [-0.2, 0) is 14.6 Å². The Bertz CT molecular complexity index is 1270. The first-order valence-electron chi connectivity index (χ1n) is 12.7. The van der Waals surface area contributed by atoms with Crippen LogP contribution in [0.3, 0.4) is 0 Å². The largest absolute Gasteiger partial charge is 0.489 e. The van der Waals surface area contributed by atoms with Crippen molar-refractivity contribution in [1.29, 1.82) is 0 Å². The molecule has 0 aromatic carbocycles. The van der Waals surface area contributed by atoms with E-state index in [2.05, 4.69) is 20.3 Å². The average molecular weight is 532 g/mol. The Morgan fingerprint density at radius 3 is 2.41 bits per heavy atom. The summed E-state index contributed by atoms with van der Waals surface area (Å²) in [5, 5.41) is 2.96. The number of aryl methyl sites for hydroxylation is 1. The predicted octanol–water partition coefficient (Wildman–Crippen LogP) is 3.79. The molecule has 4 heterocycles. The second-order valence-corrected chi connectivity index (χ2v) is 12.3. The lowest BCUT2D eigenvalue weighted by Gasteiger charge is -2.38. The SMILES string of the molecule is COc1c(Nc2ccc(S(=O)(=O)C3CC3)nc2C)ncnc1OC1CC2CC[C@@H](C1)N2C(=O)OC(C)C. The van der Waals surface area contributed by atoms with Gasteiger partial charge in [-0.3, -0.25) is 0 Å². The van der Waals surface area contributed by atoms with E-state index in [1.54, 1.807) is 13.0 Å². The van der Waals surface area contributed by atoms with Gasteiger partial charge in [0.2, 0.25) is 5.75 Å². The third kappa shape index (κ3) is 5.16. The van der Waals surface area contributed by atoms with Crippen LogP contribution in [0.5, 0.6) is 11.6 Å². The average Bonchev–Trinajstić information content (AvgIpc) is 3.66. The predicted molar refractivity (Wildman–Crippen MR) is 135 cm³/mol. The van der Waals surface area contributed by atoms with E-state index in [0.717, 1.165) is 12.8 Å². The highest BCUT2D eigenvalue weighted by molar-refractivity contribution is 7.92. The van der Waals surface area contributed by atoms with Crippen LogP contribution in [0, 0.1) is 6.92 Å². The van der Waals surface area contributed by atoms with Crippen molar-refractivity contribution < 1.29 is 27.4 Å². The molecule has 0 spiro atoms. The third-order valence-corrected chi connectivity index (χ3v) is 9.22. The molecule has 1 N–H and O–H groups in total. The fourth-order valence-electron chi connectivity index (χ4n) is 5.16. The highest BCUT2D eigenvalue weighted by Gasteiger charge is 2.45. The number of aromatic nitrogens is 3. The number of carbonyl (C=O) groups excluding carboxylic acids is 1. The first-order valence-corrected chi connectivity index (χ1v) is 14.2. The Labute approximate surface area is 216 Å². The van der Waals surface area contributed by atoms with E-state index in [1.807, 2.05) is 18.7 Å². The van der Waals surface area contributed by atoms with Crippen molar-refractivity contribution in [3.63, 3.8) is 0 Å². The number of pyridine rings is 1. The summed E-state index contributed by atoms with van der Waals surface area (Å²) in [6.07, 6.45) is 5.42. The Balaban J connectivity index is 1.30. The lowest BCUT2D eigenvalue weighted by molar-refractivity contribution is 0.0202. The molecule has 2 aromatic rings. The molecule has 3 fully saturated rings. The second-order valence-electron chi connectivity index (χ2n) is 10.1. The molecule has 1 saturated carbocycles. The smallest absolute Gasteiger partial charge is 0.410 e. The van der Waals surface area contributed by atoms with Crippen molar-refractivity contribution in [2.75, 3.05) is 12.4 Å². The number of methoxy groups -OCH3 is 1. The molecule has 2 unspecified atom stereocenters. The van der Waals surface area contributed by atoms with Gasteiger partial charge in [-0.25, -0.2) is 23.2 Å². The van der Waals surface area contributed by atoms with Crippen LogP contribution < -0.4 is 14.8 Å². The van der Waals surface area contributed by atoms with Gasteiger partial charge in [-0.2, -0.15) is 4.98 Å². The van der Waals surface area contributed by atoms with Crippen molar-refractivity contribution in [1.82, 2.24) is 19.9 Å². The molecule has 11 nitrogen and oxygen atoms in total. The number of nitrogens with zero attached hydrogens (tertiary/aromatic N) is 4. The minimum Gasteiger partial charge on any atom is -0.489 e. The number of amides is 1. The van der Waals surface area contributed by atoms with Gasteiger partial charge in [0.05, 0.1) is 29.8 Å². The molecule has 1 amide bonds. The summed E-state index contributed by atoms with van der Waals surface area (Å²) in [5.74, 6) is 1.03. The minimum atomic E-state index is -3.37. The van der Waals surface area contributed by atoms with E-state index in [0.29, 0.717) is 54.5 Å². The summed E-state index contributed by atoms with van der Waals surface area (Å²) in [6, 6.07) is 3.34. The van der Waals surface area contributed by atoms with Crippen LogP contribution in [0.4, 0.5) is 16.3 Å². The number of sulfone groups is 1. The van der Waals surface area contributed by atoms with Crippen LogP contribution >= 0.6 is 0 Å². The highest BCUT2D eigenvalue weighted by atomic mass is 32.2. The summed E-state index contributed by atoms with van der Waals surface area (Å²) < 4.78 is 42.4. The summed E-state index contributed by atoms with van der Waals surface area (Å²) >= 11 is 0. The number of ether oxygens (including phenoxy) is 3. The lowest BCUT2D eigenvalue weighted by Crippen LogP contribution is -2.49. The molecule has 37 heavy (non-hydrogen) atoms. The monoisotopic (exact) mass is 531 g/mol. The number of rotatable bonds is 8. The van der Waals surface area contributed by atoms with E-state index >= 15 is 0 Å². The molecule has 2 aromatic heterocycles. The molecule has 2 saturated heterocycles. The number of piperidine rings is 1. The molecular formula is C25H33N5O6S. The van der Waals surface area contributed by atoms with Gasteiger partial charge in [0.1, 0.15) is 12.4 Å². The zero-order valence-electron chi connectivity index (χ0n) is 21.5. The topological polar surface area (TPSA) is 133 Å². The van der Waals surface area contributed by atoms with Crippen molar-refractivity contribution in [2.45, 2.75) is 93.9 Å². The number of carbonyl (C=O) groups is 1. The molecule has 2 bridgehead atoms. The van der Waals surface area contributed by atoms with E-state index in [1.165, 1.54) is 19.5 Å². The fourth-order valence-corrected chi connectivity index (χ4v) is 6.78. The maximum Gasteiger partial charge on any atom is 0.410 e. The molecular weight excluding hydrogens is 498 g/mol. The summed E-state index contributed by atoms with van der Waals surface area (Å²) in [6.45, 7) is 5.45. The third-order valence-electron chi connectivity index (χ3n) is 7.06. The van der Waals surface area contributed by atoms with Gasteiger partial charge >= 0.3 is 6.09 Å². The zero-order chi connectivity index (χ0) is 26.3. The van der Waals surface area contributed by atoms with Crippen LogP contribution in [0.25, 0.3) is 0 Å². The number of anilines is 2. The van der Waals surface area contributed by atoms with E-state index in [4.69, 9.17) is 14.2 Å². The molecule has 3 aliphatic rings. The second kappa shape index (κ2) is 9.96. The first-order chi connectivity index (χ1) is 17.7. The Morgan fingerprint density at radius 2 is 1.81 bits per heavy atom. The van der Waals surface area contributed by atoms with Crippen molar-refractivity contribution in [3.8, 4) is 11.6 Å². The molecule has 2 aliphatic heterocycles. The van der Waals surface area contributed by atoms with Crippen molar-refractivity contribution >= 4 is 27.4 Å². The van der Waals surface area contributed by atoms with Gasteiger partial charge in [0, 0.05) is 24.9 Å². The summed E-state index contributed by atoms with van der Waals surface area (Å²) in [7, 11) is -1.86. The van der Waals surface area contributed by atoms with Crippen molar-refractivity contribution in [2.24, 2.45) is 0 Å². The molecule has 1 aliphatic carbocycles. The summed E-state index contributed by atoms with van der Waals surface area (Å²) in [4.78, 5) is 27.4. The first kappa shape index (κ1) is 25.5. The standard InChI is InChI=1S/C25H33N5O6S/c1-14(2)35-25(31)30-16-5-6-17(30)12-18(11-16)36-24-22(34-4)23(26-13-27-24)29-20-9-10-21(28-15(20)3)37(32,33)19-7-8-19/h9-10,13-14,16-19H,5-8,11-12H2,1-4H3,(H,26,27,29)/t16-,17?,18?/m0/s1. The number of hydrogen-bond donors (Lipinski definition) is 1.